The van der Waals surface area contributed by atoms with Crippen LogP contribution in [0.25, 0.3) is 0 Å². The van der Waals surface area contributed by atoms with Gasteiger partial charge in [-0.15, -0.1) is 23.7 Å². The molecule has 2 saturated heterocycles. The van der Waals surface area contributed by atoms with Crippen LogP contribution in [0.1, 0.15) is 30.6 Å². The number of piperidine rings is 1. The van der Waals surface area contributed by atoms with E-state index >= 15 is 0 Å². The summed E-state index contributed by atoms with van der Waals surface area (Å²) >= 11 is 1.33. The molecule has 2 atom stereocenters. The number of hydrogen-bond donors (Lipinski definition) is 2. The Bertz CT molecular complexity index is 532. The largest absolute Gasteiger partial charge is 0.311 e. The summed E-state index contributed by atoms with van der Waals surface area (Å²) in [5.74, 6) is 0. The smallest absolute Gasteiger partial charge is 0.250 e. The van der Waals surface area contributed by atoms with E-state index in [0.29, 0.717) is 16.3 Å². The second-order valence-corrected chi connectivity index (χ2v) is 8.52. The molecule has 2 bridgehead atoms. The number of aryl methyl sites for hydroxylation is 1. The van der Waals surface area contributed by atoms with E-state index in [1.807, 2.05) is 13.0 Å². The van der Waals surface area contributed by atoms with Crippen molar-refractivity contribution in [3.63, 3.8) is 0 Å². The fourth-order valence-corrected chi connectivity index (χ4v) is 5.55. The van der Waals surface area contributed by atoms with E-state index in [9.17, 15) is 8.42 Å². The minimum absolute atomic E-state index is 0. The molecule has 0 saturated carbocycles. The van der Waals surface area contributed by atoms with Crippen molar-refractivity contribution in [2.75, 3.05) is 0 Å². The molecule has 3 heterocycles. The number of hydrogen-bond acceptors (Lipinski definition) is 4. The van der Waals surface area contributed by atoms with E-state index in [4.69, 9.17) is 0 Å². The lowest BCUT2D eigenvalue weighted by Gasteiger charge is -2.29. The molecular weight excluding hydrogens is 304 g/mol. The highest BCUT2D eigenvalue weighted by molar-refractivity contribution is 7.91. The molecule has 2 unspecified atom stereocenters. The van der Waals surface area contributed by atoms with Crippen molar-refractivity contribution in [1.82, 2.24) is 10.0 Å². The highest BCUT2D eigenvalue weighted by Crippen LogP contribution is 2.28. The van der Waals surface area contributed by atoms with Crippen LogP contribution in [0.5, 0.6) is 0 Å². The van der Waals surface area contributed by atoms with Crippen molar-refractivity contribution in [3.8, 4) is 0 Å². The summed E-state index contributed by atoms with van der Waals surface area (Å²) < 4.78 is 27.8. The maximum atomic E-state index is 12.2. The molecule has 2 aliphatic heterocycles. The molecule has 1 aromatic heterocycles. The molecule has 4 nitrogen and oxygen atoms in total. The lowest BCUT2D eigenvalue weighted by atomic mass is 10.0. The van der Waals surface area contributed by atoms with Gasteiger partial charge in [0.25, 0.3) is 0 Å². The molecule has 108 valence electrons. The lowest BCUT2D eigenvalue weighted by molar-refractivity contribution is 0.345. The average Bonchev–Trinajstić information content (AvgIpc) is 2.85. The first-order chi connectivity index (χ1) is 8.53. The molecule has 1 aromatic rings. The van der Waals surface area contributed by atoms with Crippen LogP contribution in [-0.4, -0.2) is 26.5 Å². The van der Waals surface area contributed by atoms with Gasteiger partial charge in [-0.1, -0.05) is 0 Å². The van der Waals surface area contributed by atoms with Gasteiger partial charge in [0.05, 0.1) is 0 Å². The van der Waals surface area contributed by atoms with Gasteiger partial charge in [0, 0.05) is 23.0 Å². The summed E-state index contributed by atoms with van der Waals surface area (Å²) in [6.45, 7) is 1.93. The van der Waals surface area contributed by atoms with Crippen molar-refractivity contribution < 1.29 is 8.42 Å². The molecule has 0 spiro atoms. The molecule has 0 amide bonds. The fraction of sp³-hybridized carbons (Fsp3) is 0.667. The van der Waals surface area contributed by atoms with Crippen LogP contribution in [0, 0.1) is 6.92 Å². The van der Waals surface area contributed by atoms with Crippen molar-refractivity contribution in [2.45, 2.75) is 54.9 Å². The van der Waals surface area contributed by atoms with Crippen molar-refractivity contribution in [1.29, 1.82) is 0 Å². The first-order valence-corrected chi connectivity index (χ1v) is 8.68. The van der Waals surface area contributed by atoms with E-state index in [0.717, 1.165) is 17.7 Å². The SMILES string of the molecule is Cc1ccc(S(=O)(=O)NC2CC3CCC(C2)N3)s1.Cl. The highest BCUT2D eigenvalue weighted by Gasteiger charge is 2.35. The quantitative estimate of drug-likeness (QED) is 0.895. The molecule has 0 aliphatic carbocycles. The van der Waals surface area contributed by atoms with E-state index in [1.54, 1.807) is 6.07 Å². The van der Waals surface area contributed by atoms with Gasteiger partial charge in [-0.2, -0.15) is 0 Å². The molecule has 3 rings (SSSR count). The Morgan fingerprint density at radius 3 is 2.42 bits per heavy atom. The van der Waals surface area contributed by atoms with Gasteiger partial charge in [0.2, 0.25) is 10.0 Å². The molecule has 7 heteroatoms. The normalized spacial score (nSPS) is 30.1. The van der Waals surface area contributed by atoms with Gasteiger partial charge < -0.3 is 5.32 Å². The third-order valence-electron chi connectivity index (χ3n) is 3.78. The van der Waals surface area contributed by atoms with E-state index in [1.165, 1.54) is 24.2 Å². The minimum atomic E-state index is -3.32. The van der Waals surface area contributed by atoms with Gasteiger partial charge in [-0.25, -0.2) is 13.1 Å². The maximum absolute atomic E-state index is 12.2. The zero-order valence-corrected chi connectivity index (χ0v) is 13.2. The second-order valence-electron chi connectivity index (χ2n) is 5.29. The van der Waals surface area contributed by atoms with Gasteiger partial charge in [0.15, 0.2) is 0 Å². The van der Waals surface area contributed by atoms with Crippen LogP contribution < -0.4 is 10.0 Å². The van der Waals surface area contributed by atoms with Crippen LogP contribution in [0.2, 0.25) is 0 Å². The Labute approximate surface area is 124 Å². The minimum Gasteiger partial charge on any atom is -0.311 e. The summed E-state index contributed by atoms with van der Waals surface area (Å²) in [7, 11) is -3.32. The van der Waals surface area contributed by atoms with Crippen LogP contribution in [-0.2, 0) is 10.0 Å². The number of rotatable bonds is 3. The lowest BCUT2D eigenvalue weighted by Crippen LogP contribution is -2.47. The van der Waals surface area contributed by atoms with E-state index in [-0.39, 0.29) is 18.4 Å². The zero-order valence-electron chi connectivity index (χ0n) is 10.8. The zero-order chi connectivity index (χ0) is 12.8. The predicted octanol–water partition coefficient (Wildman–Crippen LogP) is 2.04. The fourth-order valence-electron chi connectivity index (χ4n) is 2.99. The van der Waals surface area contributed by atoms with E-state index in [2.05, 4.69) is 10.0 Å². The van der Waals surface area contributed by atoms with Crippen LogP contribution in [0.4, 0.5) is 0 Å². The maximum Gasteiger partial charge on any atom is 0.250 e. The van der Waals surface area contributed by atoms with Crippen molar-refractivity contribution >= 4 is 33.8 Å². The van der Waals surface area contributed by atoms with Gasteiger partial charge in [0.1, 0.15) is 4.21 Å². The highest BCUT2D eigenvalue weighted by atomic mass is 35.5. The molecule has 0 radical (unpaired) electrons. The first-order valence-electron chi connectivity index (χ1n) is 6.38. The monoisotopic (exact) mass is 322 g/mol. The van der Waals surface area contributed by atoms with Gasteiger partial charge in [-0.05, 0) is 44.7 Å². The molecule has 0 aromatic carbocycles. The Morgan fingerprint density at radius 1 is 1.26 bits per heavy atom. The number of halogens is 1. The predicted molar refractivity (Wildman–Crippen MR) is 79.6 cm³/mol. The Balaban J connectivity index is 0.00000133. The van der Waals surface area contributed by atoms with Gasteiger partial charge >= 0.3 is 0 Å². The Morgan fingerprint density at radius 2 is 1.89 bits per heavy atom. The first kappa shape index (κ1) is 15.3. The number of fused-ring (bicyclic) bond motifs is 2. The van der Waals surface area contributed by atoms with Crippen LogP contribution in [0.15, 0.2) is 16.3 Å². The van der Waals surface area contributed by atoms with Crippen LogP contribution >= 0.6 is 23.7 Å². The number of sulfonamides is 1. The Hall–Kier alpha value is -0.140. The molecule has 2 N–H and O–H groups in total. The number of nitrogens with one attached hydrogen (secondary N) is 2. The average molecular weight is 323 g/mol. The molecule has 2 aliphatic rings. The molecular formula is C12H19ClN2O2S2. The standard InChI is InChI=1S/C12H18N2O2S2.ClH/c1-8-2-5-12(17-8)18(15,16)14-11-6-9-3-4-10(7-11)13-9;/h2,5,9-11,13-14H,3-4,6-7H2,1H3;1H. The summed E-state index contributed by atoms with van der Waals surface area (Å²) in [6.07, 6.45) is 4.20. The summed E-state index contributed by atoms with van der Waals surface area (Å²) in [4.78, 5) is 1.03. The van der Waals surface area contributed by atoms with Crippen molar-refractivity contribution in [2.24, 2.45) is 0 Å². The second kappa shape index (κ2) is 5.69. The summed E-state index contributed by atoms with van der Waals surface area (Å²) in [5.41, 5.74) is 0. The third-order valence-corrected chi connectivity index (χ3v) is 6.79. The van der Waals surface area contributed by atoms with E-state index < -0.39 is 10.0 Å². The molecule has 19 heavy (non-hydrogen) atoms. The van der Waals surface area contributed by atoms with Crippen molar-refractivity contribution in [3.05, 3.63) is 17.0 Å². The summed E-state index contributed by atoms with van der Waals surface area (Å²) in [6, 6.07) is 4.64. The number of thiophene rings is 1. The topological polar surface area (TPSA) is 58.2 Å². The van der Waals surface area contributed by atoms with Gasteiger partial charge in [-0.3, -0.25) is 0 Å². The summed E-state index contributed by atoms with van der Waals surface area (Å²) in [5, 5.41) is 3.52. The third kappa shape index (κ3) is 3.31. The molecule has 2 fully saturated rings. The van der Waals surface area contributed by atoms with Crippen LogP contribution in [0.3, 0.4) is 0 Å². The Kier molecular flexibility index (Phi) is 4.57.